The fraction of sp³-hybridized carbons (Fsp3) is 0. The van der Waals surface area contributed by atoms with Gasteiger partial charge in [0.15, 0.2) is 0 Å². The summed E-state index contributed by atoms with van der Waals surface area (Å²) in [5, 5.41) is 6.08. The minimum Gasteiger partial charge on any atom is -0.456 e. The first-order valence-corrected chi connectivity index (χ1v) is 16.3. The number of hydrogen-bond donors (Lipinski definition) is 0. The molecule has 0 radical (unpaired) electrons. The van der Waals surface area contributed by atoms with E-state index in [4.69, 9.17) is 4.42 Å². The van der Waals surface area contributed by atoms with Crippen LogP contribution in [0.5, 0.6) is 0 Å². The molecule has 0 spiro atoms. The fourth-order valence-corrected chi connectivity index (χ4v) is 6.93. The van der Waals surface area contributed by atoms with Crippen molar-refractivity contribution in [3.63, 3.8) is 0 Å². The summed E-state index contributed by atoms with van der Waals surface area (Å²) in [4.78, 5) is 2.34. The van der Waals surface area contributed by atoms with Crippen molar-refractivity contribution in [2.24, 2.45) is 0 Å². The predicted molar refractivity (Wildman–Crippen MR) is 202 cm³/mol. The molecule has 0 fully saturated rings. The van der Waals surface area contributed by atoms with E-state index in [1.54, 1.807) is 0 Å². The Balaban J connectivity index is 1.18. The fourth-order valence-electron chi connectivity index (χ4n) is 6.93. The highest BCUT2D eigenvalue weighted by molar-refractivity contribution is 5.98. The van der Waals surface area contributed by atoms with Crippen LogP contribution in [0.15, 0.2) is 192 Å². The number of anilines is 3. The molecule has 0 aliphatic heterocycles. The Kier molecular flexibility index (Phi) is 6.84. The maximum absolute atomic E-state index is 6.30. The zero-order valence-electron chi connectivity index (χ0n) is 26.3. The van der Waals surface area contributed by atoms with Gasteiger partial charge in [0.25, 0.3) is 0 Å². The van der Waals surface area contributed by atoms with Crippen molar-refractivity contribution in [1.82, 2.24) is 0 Å². The second-order valence-electron chi connectivity index (χ2n) is 12.2. The Morgan fingerprint density at radius 3 is 1.52 bits per heavy atom. The average Bonchev–Trinajstić information content (AvgIpc) is 3.60. The summed E-state index contributed by atoms with van der Waals surface area (Å²) >= 11 is 0. The normalized spacial score (nSPS) is 11.3. The molecule has 9 aromatic rings. The number of furan rings is 1. The van der Waals surface area contributed by atoms with Crippen molar-refractivity contribution in [3.05, 3.63) is 188 Å². The van der Waals surface area contributed by atoms with E-state index >= 15 is 0 Å². The van der Waals surface area contributed by atoms with Crippen LogP contribution in [0.4, 0.5) is 17.1 Å². The third kappa shape index (κ3) is 5.01. The highest BCUT2D eigenvalue weighted by Crippen LogP contribution is 2.41. The summed E-state index contributed by atoms with van der Waals surface area (Å²) in [5.74, 6) is 0.855. The Labute approximate surface area is 279 Å². The van der Waals surface area contributed by atoms with Crippen LogP contribution in [0, 0.1) is 0 Å². The Morgan fingerprint density at radius 2 is 0.854 bits per heavy atom. The summed E-state index contributed by atoms with van der Waals surface area (Å²) in [6, 6.07) is 67.0. The molecule has 48 heavy (non-hydrogen) atoms. The van der Waals surface area contributed by atoms with Crippen molar-refractivity contribution < 1.29 is 4.42 Å². The number of para-hydroxylation sites is 1. The van der Waals surface area contributed by atoms with Gasteiger partial charge in [-0.15, -0.1) is 0 Å². The summed E-state index contributed by atoms with van der Waals surface area (Å²) in [6.45, 7) is 0. The lowest BCUT2D eigenvalue weighted by molar-refractivity contribution is 0.631. The molecular formula is C46H31NO. The topological polar surface area (TPSA) is 16.4 Å². The third-order valence-electron chi connectivity index (χ3n) is 9.25. The molecule has 0 aliphatic carbocycles. The monoisotopic (exact) mass is 613 g/mol. The van der Waals surface area contributed by atoms with Gasteiger partial charge in [0.05, 0.1) is 0 Å². The van der Waals surface area contributed by atoms with Crippen molar-refractivity contribution in [2.45, 2.75) is 0 Å². The largest absolute Gasteiger partial charge is 0.456 e. The summed E-state index contributed by atoms with van der Waals surface area (Å²) in [7, 11) is 0. The first kappa shape index (κ1) is 27.9. The molecule has 226 valence electrons. The lowest BCUT2D eigenvalue weighted by atomic mass is 9.97. The maximum atomic E-state index is 6.30. The molecule has 9 rings (SSSR count). The highest BCUT2D eigenvalue weighted by Gasteiger charge is 2.17. The molecule has 0 aliphatic rings. The molecular weight excluding hydrogens is 583 g/mol. The van der Waals surface area contributed by atoms with Crippen molar-refractivity contribution in [2.75, 3.05) is 4.90 Å². The van der Waals surface area contributed by atoms with Crippen molar-refractivity contribution in [1.29, 1.82) is 0 Å². The molecule has 0 atom stereocenters. The molecule has 0 saturated heterocycles. The van der Waals surface area contributed by atoms with Crippen LogP contribution in [0.3, 0.4) is 0 Å². The third-order valence-corrected chi connectivity index (χ3v) is 9.25. The molecule has 0 amide bonds. The zero-order valence-corrected chi connectivity index (χ0v) is 26.3. The van der Waals surface area contributed by atoms with Gasteiger partial charge in [0, 0.05) is 28.0 Å². The number of benzene rings is 8. The van der Waals surface area contributed by atoms with E-state index in [1.165, 1.54) is 43.8 Å². The zero-order chi connectivity index (χ0) is 31.9. The van der Waals surface area contributed by atoms with E-state index in [1.807, 2.05) is 18.2 Å². The van der Waals surface area contributed by atoms with Crippen LogP contribution in [0.25, 0.3) is 66.1 Å². The quantitative estimate of drug-likeness (QED) is 0.185. The van der Waals surface area contributed by atoms with Crippen LogP contribution >= 0.6 is 0 Å². The number of fused-ring (bicyclic) bond motifs is 3. The lowest BCUT2D eigenvalue weighted by Gasteiger charge is -2.27. The Bertz CT molecular complexity index is 2530. The second kappa shape index (κ2) is 11.8. The summed E-state index contributed by atoms with van der Waals surface area (Å²) < 4.78 is 6.30. The van der Waals surface area contributed by atoms with Gasteiger partial charge < -0.3 is 9.32 Å². The smallest absolute Gasteiger partial charge is 0.135 e. The van der Waals surface area contributed by atoms with Gasteiger partial charge in [-0.2, -0.15) is 0 Å². The molecule has 0 N–H and O–H groups in total. The minimum absolute atomic E-state index is 0.855. The van der Waals surface area contributed by atoms with E-state index in [0.29, 0.717) is 0 Å². The second-order valence-corrected chi connectivity index (χ2v) is 12.2. The van der Waals surface area contributed by atoms with E-state index in [9.17, 15) is 0 Å². The van der Waals surface area contributed by atoms with Gasteiger partial charge in [0.2, 0.25) is 0 Å². The molecule has 0 saturated carbocycles. The van der Waals surface area contributed by atoms with E-state index < -0.39 is 0 Å². The molecule has 2 nitrogen and oxygen atoms in total. The summed E-state index contributed by atoms with van der Waals surface area (Å²) in [5.41, 5.74) is 9.96. The number of nitrogens with zero attached hydrogens (tertiary/aromatic N) is 1. The van der Waals surface area contributed by atoms with E-state index in [-0.39, 0.29) is 0 Å². The molecule has 2 heteroatoms. The first-order chi connectivity index (χ1) is 23.8. The van der Waals surface area contributed by atoms with Crippen LogP contribution in [0.1, 0.15) is 0 Å². The van der Waals surface area contributed by atoms with Gasteiger partial charge in [0.1, 0.15) is 11.3 Å². The van der Waals surface area contributed by atoms with Crippen molar-refractivity contribution >= 4 is 49.6 Å². The van der Waals surface area contributed by atoms with Gasteiger partial charge in [-0.25, -0.2) is 0 Å². The molecule has 1 aromatic heterocycles. The molecule has 0 unspecified atom stereocenters. The summed E-state index contributed by atoms with van der Waals surface area (Å²) in [6.07, 6.45) is 0. The van der Waals surface area contributed by atoms with Gasteiger partial charge in [-0.05, 0) is 92.3 Å². The average molecular weight is 614 g/mol. The van der Waals surface area contributed by atoms with Crippen molar-refractivity contribution in [3.8, 4) is 33.6 Å². The van der Waals surface area contributed by atoms with Crippen LogP contribution < -0.4 is 4.90 Å². The van der Waals surface area contributed by atoms with Gasteiger partial charge in [-0.1, -0.05) is 140 Å². The maximum Gasteiger partial charge on any atom is 0.135 e. The first-order valence-electron chi connectivity index (χ1n) is 16.3. The van der Waals surface area contributed by atoms with E-state index in [2.05, 4.69) is 175 Å². The molecule has 0 bridgehead atoms. The number of hydrogen-bond acceptors (Lipinski definition) is 2. The van der Waals surface area contributed by atoms with E-state index in [0.717, 1.165) is 39.4 Å². The van der Waals surface area contributed by atoms with Gasteiger partial charge in [-0.3, -0.25) is 0 Å². The Hall–Kier alpha value is -6.38. The predicted octanol–water partition coefficient (Wildman–Crippen LogP) is 13.2. The molecule has 8 aromatic carbocycles. The SMILES string of the molecule is c1cc(-c2cc3ccccc3o2)cc(N(c2ccc(-c3cccc4ccccc34)cc2)c2cccc(-c3cccc4ccccc34)c2)c1. The van der Waals surface area contributed by atoms with Crippen LogP contribution in [-0.2, 0) is 0 Å². The van der Waals surface area contributed by atoms with Crippen LogP contribution in [-0.4, -0.2) is 0 Å². The highest BCUT2D eigenvalue weighted by atomic mass is 16.3. The lowest BCUT2D eigenvalue weighted by Crippen LogP contribution is -2.10. The van der Waals surface area contributed by atoms with Gasteiger partial charge >= 0.3 is 0 Å². The number of rotatable bonds is 6. The van der Waals surface area contributed by atoms with Crippen LogP contribution in [0.2, 0.25) is 0 Å². The Morgan fingerprint density at radius 1 is 0.333 bits per heavy atom. The molecule has 1 heterocycles. The minimum atomic E-state index is 0.855. The standard InChI is InChI=1S/C46H31NO/c1-4-20-41-32(11-1)14-9-22-43(41)34-25-27-38(28-26-34)47(40-19-8-17-36(30-40)46-31-37-13-3-6-24-45(37)48-46)39-18-7-16-35(29-39)44-23-10-15-33-12-2-5-21-42(33)44/h1-31H.